The number of nitrogens with one attached hydrogen (secondary N) is 1. The van der Waals surface area contributed by atoms with Crippen molar-refractivity contribution in [1.29, 1.82) is 0 Å². The molecule has 1 N–H and O–H groups in total. The molecular weight excluding hydrogens is 368 g/mol. The second-order valence-electron chi connectivity index (χ2n) is 7.34. The number of ether oxygens (including phenoxy) is 1. The Morgan fingerprint density at radius 2 is 1.85 bits per heavy atom. The van der Waals surface area contributed by atoms with Gasteiger partial charge in [-0.2, -0.15) is 0 Å². The number of hydrogen-bond acceptors (Lipinski definition) is 5. The number of hydrogen-bond donors (Lipinski definition) is 1. The van der Waals surface area contributed by atoms with Gasteiger partial charge in [0.25, 0.3) is 5.91 Å². The topological polar surface area (TPSA) is 92.8 Å². The first-order valence-corrected chi connectivity index (χ1v) is 11.2. The second kappa shape index (κ2) is 7.98. The summed E-state index contributed by atoms with van der Waals surface area (Å²) in [5, 5.41) is 2.80. The van der Waals surface area contributed by atoms with Crippen LogP contribution in [0.4, 0.5) is 5.69 Å². The number of sulfonamides is 1. The van der Waals surface area contributed by atoms with Crippen LogP contribution < -0.4 is 5.32 Å². The lowest BCUT2D eigenvalue weighted by Crippen LogP contribution is -2.41. The van der Waals surface area contributed by atoms with Gasteiger partial charge >= 0.3 is 5.97 Å². The van der Waals surface area contributed by atoms with Crippen molar-refractivity contribution >= 4 is 27.6 Å². The van der Waals surface area contributed by atoms with Gasteiger partial charge in [0.15, 0.2) is 6.10 Å². The molecule has 27 heavy (non-hydrogen) atoms. The van der Waals surface area contributed by atoms with Crippen molar-refractivity contribution in [2.75, 3.05) is 24.7 Å². The van der Waals surface area contributed by atoms with E-state index in [1.165, 1.54) is 15.4 Å². The van der Waals surface area contributed by atoms with Crippen molar-refractivity contribution in [3.05, 3.63) is 29.3 Å². The fourth-order valence-corrected chi connectivity index (χ4v) is 4.51. The van der Waals surface area contributed by atoms with E-state index >= 15 is 0 Å². The number of fused-ring (bicyclic) bond motifs is 1. The van der Waals surface area contributed by atoms with Crippen LogP contribution in [0, 0.1) is 5.92 Å². The standard InChI is InChI=1S/C19H26N2O5S/c1-13(18(22)20-17-7-6-14-4-3-5-16(14)12-17)26-19(23)15-8-10-21(11-9-15)27(2,24)25/h6-7,12-13,15H,3-5,8-11H2,1-2H3,(H,20,22). The van der Waals surface area contributed by atoms with Gasteiger partial charge in [0, 0.05) is 18.8 Å². The summed E-state index contributed by atoms with van der Waals surface area (Å²) in [6, 6.07) is 5.89. The molecule has 1 aromatic rings. The van der Waals surface area contributed by atoms with Crippen LogP contribution in [-0.4, -0.2) is 50.0 Å². The average molecular weight is 394 g/mol. The number of amides is 1. The maximum atomic E-state index is 12.3. The molecule has 1 heterocycles. The van der Waals surface area contributed by atoms with Crippen molar-refractivity contribution in [1.82, 2.24) is 4.31 Å². The molecule has 2 aliphatic rings. The minimum absolute atomic E-state index is 0.300. The normalized spacial score (nSPS) is 19.3. The smallest absolute Gasteiger partial charge is 0.309 e. The molecule has 1 aromatic carbocycles. The van der Waals surface area contributed by atoms with Gasteiger partial charge in [-0.3, -0.25) is 9.59 Å². The third-order valence-corrected chi connectivity index (χ3v) is 6.59. The fraction of sp³-hybridized carbons (Fsp3) is 0.579. The first-order valence-electron chi connectivity index (χ1n) is 9.32. The monoisotopic (exact) mass is 394 g/mol. The van der Waals surface area contributed by atoms with Crippen molar-refractivity contribution in [2.24, 2.45) is 5.92 Å². The quantitative estimate of drug-likeness (QED) is 0.768. The lowest BCUT2D eigenvalue weighted by molar-refractivity contribution is -0.158. The van der Waals surface area contributed by atoms with Crippen molar-refractivity contribution in [2.45, 2.75) is 45.1 Å². The summed E-state index contributed by atoms with van der Waals surface area (Å²) in [6.07, 6.45) is 4.32. The Balaban J connectivity index is 1.50. The minimum atomic E-state index is -3.23. The summed E-state index contributed by atoms with van der Waals surface area (Å²) < 4.78 is 29.7. The maximum absolute atomic E-state index is 12.3. The van der Waals surface area contributed by atoms with Crippen LogP contribution in [-0.2, 0) is 37.2 Å². The zero-order valence-electron chi connectivity index (χ0n) is 15.7. The fourth-order valence-electron chi connectivity index (χ4n) is 3.64. The molecule has 1 unspecified atom stereocenters. The number of aryl methyl sites for hydroxylation is 2. The van der Waals surface area contributed by atoms with E-state index in [4.69, 9.17) is 4.74 Å². The van der Waals surface area contributed by atoms with Crippen LogP contribution in [0.3, 0.4) is 0 Å². The van der Waals surface area contributed by atoms with E-state index < -0.39 is 22.1 Å². The number of carbonyl (C=O) groups is 2. The van der Waals surface area contributed by atoms with E-state index in [1.54, 1.807) is 6.92 Å². The predicted molar refractivity (Wildman–Crippen MR) is 102 cm³/mol. The van der Waals surface area contributed by atoms with Gasteiger partial charge in [-0.1, -0.05) is 6.07 Å². The van der Waals surface area contributed by atoms with Crippen LogP contribution in [0.2, 0.25) is 0 Å². The van der Waals surface area contributed by atoms with Gasteiger partial charge in [0.1, 0.15) is 0 Å². The summed E-state index contributed by atoms with van der Waals surface area (Å²) in [7, 11) is -3.23. The van der Waals surface area contributed by atoms with Gasteiger partial charge in [-0.15, -0.1) is 0 Å². The molecule has 1 saturated heterocycles. The van der Waals surface area contributed by atoms with E-state index in [0.29, 0.717) is 31.6 Å². The molecular formula is C19H26N2O5S. The lowest BCUT2D eigenvalue weighted by atomic mass is 9.98. The molecule has 1 fully saturated rings. The number of nitrogens with zero attached hydrogens (tertiary/aromatic N) is 1. The molecule has 1 aliphatic carbocycles. The Morgan fingerprint density at radius 3 is 2.52 bits per heavy atom. The van der Waals surface area contributed by atoms with Gasteiger partial charge in [-0.25, -0.2) is 12.7 Å². The third-order valence-electron chi connectivity index (χ3n) is 5.28. The maximum Gasteiger partial charge on any atom is 0.309 e. The Morgan fingerprint density at radius 1 is 1.19 bits per heavy atom. The minimum Gasteiger partial charge on any atom is -0.452 e. The Hall–Kier alpha value is -1.93. The Bertz CT molecular complexity index is 829. The van der Waals surface area contributed by atoms with E-state index in [9.17, 15) is 18.0 Å². The molecule has 1 amide bonds. The van der Waals surface area contributed by atoms with E-state index in [2.05, 4.69) is 5.32 Å². The van der Waals surface area contributed by atoms with Crippen molar-refractivity contribution in [3.63, 3.8) is 0 Å². The van der Waals surface area contributed by atoms with Crippen LogP contribution in [0.1, 0.15) is 37.3 Å². The molecule has 7 nitrogen and oxygen atoms in total. The Labute approximate surface area is 160 Å². The number of rotatable bonds is 5. The highest BCUT2D eigenvalue weighted by atomic mass is 32.2. The predicted octanol–water partition coefficient (Wildman–Crippen LogP) is 1.72. The van der Waals surface area contributed by atoms with Crippen LogP contribution in [0.25, 0.3) is 0 Å². The third kappa shape index (κ3) is 4.87. The summed E-state index contributed by atoms with van der Waals surface area (Å²) in [5.41, 5.74) is 3.30. The van der Waals surface area contributed by atoms with Gasteiger partial charge in [0.05, 0.1) is 12.2 Å². The van der Waals surface area contributed by atoms with Gasteiger partial charge in [0.2, 0.25) is 10.0 Å². The number of carbonyl (C=O) groups excluding carboxylic acids is 2. The van der Waals surface area contributed by atoms with E-state index in [-0.39, 0.29) is 11.8 Å². The molecule has 3 rings (SSSR count). The highest BCUT2D eigenvalue weighted by Crippen LogP contribution is 2.25. The molecule has 0 saturated carbocycles. The molecule has 0 aromatic heterocycles. The molecule has 148 valence electrons. The van der Waals surface area contributed by atoms with Gasteiger partial charge in [-0.05, 0) is 62.3 Å². The van der Waals surface area contributed by atoms with E-state index in [1.807, 2.05) is 18.2 Å². The zero-order valence-corrected chi connectivity index (χ0v) is 16.5. The lowest BCUT2D eigenvalue weighted by Gasteiger charge is -2.29. The van der Waals surface area contributed by atoms with Crippen molar-refractivity contribution in [3.8, 4) is 0 Å². The molecule has 0 spiro atoms. The SMILES string of the molecule is CC(OC(=O)C1CCN(S(C)(=O)=O)CC1)C(=O)Nc1ccc2c(c1)CCC2. The summed E-state index contributed by atoms with van der Waals surface area (Å²) in [5.74, 6) is -1.19. The highest BCUT2D eigenvalue weighted by molar-refractivity contribution is 7.88. The molecule has 8 heteroatoms. The van der Waals surface area contributed by atoms with Crippen LogP contribution in [0.5, 0.6) is 0 Å². The molecule has 1 aliphatic heterocycles. The average Bonchev–Trinajstić information content (AvgIpc) is 3.08. The first-order chi connectivity index (χ1) is 12.7. The number of esters is 1. The molecule has 0 radical (unpaired) electrons. The second-order valence-corrected chi connectivity index (χ2v) is 9.32. The first kappa shape index (κ1) is 19.8. The van der Waals surface area contributed by atoms with E-state index in [0.717, 1.165) is 25.5 Å². The highest BCUT2D eigenvalue weighted by Gasteiger charge is 2.31. The summed E-state index contributed by atoms with van der Waals surface area (Å²) >= 11 is 0. The van der Waals surface area contributed by atoms with Gasteiger partial charge < -0.3 is 10.1 Å². The summed E-state index contributed by atoms with van der Waals surface area (Å²) in [6.45, 7) is 2.15. The number of benzene rings is 1. The zero-order chi connectivity index (χ0) is 19.6. The largest absolute Gasteiger partial charge is 0.452 e. The van der Waals surface area contributed by atoms with Crippen LogP contribution in [0.15, 0.2) is 18.2 Å². The molecule has 0 bridgehead atoms. The molecule has 1 atom stereocenters. The number of anilines is 1. The van der Waals surface area contributed by atoms with Crippen LogP contribution >= 0.6 is 0 Å². The van der Waals surface area contributed by atoms with Crippen molar-refractivity contribution < 1.29 is 22.7 Å². The number of piperidine rings is 1. The summed E-state index contributed by atoms with van der Waals surface area (Å²) in [4.78, 5) is 24.6. The Kier molecular flexibility index (Phi) is 5.86.